The summed E-state index contributed by atoms with van der Waals surface area (Å²) in [6.45, 7) is 0.0798. The summed E-state index contributed by atoms with van der Waals surface area (Å²) in [6, 6.07) is 11.0. The number of nitrogens with one attached hydrogen (secondary N) is 1. The summed E-state index contributed by atoms with van der Waals surface area (Å²) in [6.07, 6.45) is 0. The molecule has 7 heteroatoms. The van der Waals surface area contributed by atoms with E-state index in [0.29, 0.717) is 11.8 Å². The Labute approximate surface area is 121 Å². The fraction of sp³-hybridized carbons (Fsp3) is 0.143. The minimum atomic E-state index is -3.97. The average molecular weight is 313 g/mol. The van der Waals surface area contributed by atoms with Gasteiger partial charge in [-0.15, -0.1) is 0 Å². The molecule has 0 saturated carbocycles. The first-order valence-corrected chi connectivity index (χ1v) is 7.59. The number of halogens is 2. The van der Waals surface area contributed by atoms with Crippen molar-refractivity contribution in [3.05, 3.63) is 60.2 Å². The normalized spacial score (nSPS) is 11.3. The molecule has 0 bridgehead atoms. The van der Waals surface area contributed by atoms with E-state index in [2.05, 4.69) is 4.72 Å². The molecule has 0 aromatic heterocycles. The highest BCUT2D eigenvalue weighted by molar-refractivity contribution is 7.89. The highest BCUT2D eigenvalue weighted by Gasteiger charge is 2.15. The molecule has 2 rings (SSSR count). The second-order valence-corrected chi connectivity index (χ2v) is 5.93. The van der Waals surface area contributed by atoms with E-state index in [4.69, 9.17) is 4.74 Å². The number of sulfonamides is 1. The molecule has 2 aromatic rings. The van der Waals surface area contributed by atoms with Gasteiger partial charge in [-0.05, 0) is 24.3 Å². The Kier molecular flexibility index (Phi) is 4.87. The van der Waals surface area contributed by atoms with E-state index in [1.165, 1.54) is 0 Å². The average Bonchev–Trinajstić information content (AvgIpc) is 2.44. The molecular weight excluding hydrogens is 300 g/mol. The molecule has 2 aromatic carbocycles. The van der Waals surface area contributed by atoms with Crippen molar-refractivity contribution >= 4 is 10.0 Å². The van der Waals surface area contributed by atoms with E-state index < -0.39 is 26.6 Å². The van der Waals surface area contributed by atoms with Crippen molar-refractivity contribution in [1.29, 1.82) is 0 Å². The van der Waals surface area contributed by atoms with Crippen molar-refractivity contribution < 1.29 is 21.9 Å². The van der Waals surface area contributed by atoms with Gasteiger partial charge in [0.15, 0.2) is 0 Å². The molecule has 4 nitrogen and oxygen atoms in total. The van der Waals surface area contributed by atoms with E-state index in [1.807, 2.05) is 6.07 Å². The van der Waals surface area contributed by atoms with Gasteiger partial charge in [-0.1, -0.05) is 18.2 Å². The molecule has 0 amide bonds. The quantitative estimate of drug-likeness (QED) is 0.833. The summed E-state index contributed by atoms with van der Waals surface area (Å²) < 4.78 is 57.2. The molecule has 0 aliphatic heterocycles. The van der Waals surface area contributed by atoms with Crippen molar-refractivity contribution in [1.82, 2.24) is 4.72 Å². The predicted molar refractivity (Wildman–Crippen MR) is 73.5 cm³/mol. The van der Waals surface area contributed by atoms with Crippen LogP contribution in [0.25, 0.3) is 0 Å². The Balaban J connectivity index is 1.92. The number of ether oxygens (including phenoxy) is 1. The van der Waals surface area contributed by atoms with Crippen LogP contribution in [0, 0.1) is 11.6 Å². The standard InChI is InChI=1S/C14H13F2NO3S/c15-11-8-12(16)10-14(9-11)21(18,19)17-6-7-20-13-4-2-1-3-5-13/h1-5,8-10,17H,6-7H2. The summed E-state index contributed by atoms with van der Waals surface area (Å²) >= 11 is 0. The van der Waals surface area contributed by atoms with Gasteiger partial charge >= 0.3 is 0 Å². The molecular formula is C14H13F2NO3S. The molecule has 0 aliphatic carbocycles. The second-order valence-electron chi connectivity index (χ2n) is 4.16. The molecule has 0 radical (unpaired) electrons. The zero-order chi connectivity index (χ0) is 15.3. The minimum Gasteiger partial charge on any atom is -0.492 e. The van der Waals surface area contributed by atoms with Crippen LogP contribution in [0.1, 0.15) is 0 Å². The van der Waals surface area contributed by atoms with Crippen molar-refractivity contribution in [2.45, 2.75) is 4.90 Å². The maximum Gasteiger partial charge on any atom is 0.240 e. The molecule has 0 aliphatic rings. The molecule has 0 saturated heterocycles. The SMILES string of the molecule is O=S(=O)(NCCOc1ccccc1)c1cc(F)cc(F)c1. The number of rotatable bonds is 6. The lowest BCUT2D eigenvalue weighted by Crippen LogP contribution is -2.28. The zero-order valence-electron chi connectivity index (χ0n) is 10.9. The van der Waals surface area contributed by atoms with Crippen LogP contribution in [-0.2, 0) is 10.0 Å². The summed E-state index contributed by atoms with van der Waals surface area (Å²) in [5.74, 6) is -1.29. The Hall–Kier alpha value is -1.99. The van der Waals surface area contributed by atoms with Crippen LogP contribution >= 0.6 is 0 Å². The van der Waals surface area contributed by atoms with Crippen molar-refractivity contribution in [3.8, 4) is 5.75 Å². The molecule has 0 atom stereocenters. The molecule has 112 valence electrons. The van der Waals surface area contributed by atoms with Crippen LogP contribution in [-0.4, -0.2) is 21.6 Å². The van der Waals surface area contributed by atoms with Gasteiger partial charge < -0.3 is 4.74 Å². The van der Waals surface area contributed by atoms with Gasteiger partial charge in [0, 0.05) is 12.6 Å². The van der Waals surface area contributed by atoms with E-state index in [1.54, 1.807) is 24.3 Å². The molecule has 0 unspecified atom stereocenters. The molecule has 1 N–H and O–H groups in total. The first kappa shape index (κ1) is 15.4. The number of benzene rings is 2. The van der Waals surface area contributed by atoms with E-state index in [0.717, 1.165) is 12.1 Å². The van der Waals surface area contributed by atoms with Crippen LogP contribution in [0.5, 0.6) is 5.75 Å². The largest absolute Gasteiger partial charge is 0.492 e. The van der Waals surface area contributed by atoms with Crippen LogP contribution in [0.2, 0.25) is 0 Å². The van der Waals surface area contributed by atoms with Gasteiger partial charge in [-0.3, -0.25) is 0 Å². The van der Waals surface area contributed by atoms with Crippen LogP contribution in [0.15, 0.2) is 53.4 Å². The van der Waals surface area contributed by atoms with Crippen molar-refractivity contribution in [2.24, 2.45) is 0 Å². The summed E-state index contributed by atoms with van der Waals surface area (Å²) in [4.78, 5) is -0.459. The third-order valence-electron chi connectivity index (χ3n) is 2.55. The predicted octanol–water partition coefficient (Wildman–Crippen LogP) is 2.32. The number of para-hydroxylation sites is 1. The van der Waals surface area contributed by atoms with E-state index in [-0.39, 0.29) is 13.2 Å². The highest BCUT2D eigenvalue weighted by Crippen LogP contribution is 2.13. The Bertz CT molecular complexity index is 685. The Morgan fingerprint density at radius 2 is 1.62 bits per heavy atom. The Morgan fingerprint density at radius 3 is 2.24 bits per heavy atom. The highest BCUT2D eigenvalue weighted by atomic mass is 32.2. The lowest BCUT2D eigenvalue weighted by atomic mass is 10.3. The van der Waals surface area contributed by atoms with Gasteiger partial charge in [-0.25, -0.2) is 21.9 Å². The fourth-order valence-corrected chi connectivity index (χ4v) is 2.68. The molecule has 21 heavy (non-hydrogen) atoms. The second kappa shape index (κ2) is 6.64. The van der Waals surface area contributed by atoms with E-state index in [9.17, 15) is 17.2 Å². The molecule has 0 heterocycles. The number of hydrogen-bond donors (Lipinski definition) is 1. The fourth-order valence-electron chi connectivity index (χ4n) is 1.63. The van der Waals surface area contributed by atoms with Crippen LogP contribution < -0.4 is 9.46 Å². The maximum absolute atomic E-state index is 13.0. The smallest absolute Gasteiger partial charge is 0.240 e. The third kappa shape index (κ3) is 4.51. The van der Waals surface area contributed by atoms with Crippen molar-refractivity contribution in [3.63, 3.8) is 0 Å². The van der Waals surface area contributed by atoms with Gasteiger partial charge in [0.05, 0.1) is 4.90 Å². The maximum atomic E-state index is 13.0. The number of hydrogen-bond acceptors (Lipinski definition) is 3. The van der Waals surface area contributed by atoms with Gasteiger partial charge in [-0.2, -0.15) is 0 Å². The first-order valence-electron chi connectivity index (χ1n) is 6.11. The lowest BCUT2D eigenvalue weighted by Gasteiger charge is -2.08. The monoisotopic (exact) mass is 313 g/mol. The third-order valence-corrected chi connectivity index (χ3v) is 3.99. The minimum absolute atomic E-state index is 0.0185. The summed E-state index contributed by atoms with van der Waals surface area (Å²) in [5, 5.41) is 0. The van der Waals surface area contributed by atoms with E-state index >= 15 is 0 Å². The lowest BCUT2D eigenvalue weighted by molar-refractivity contribution is 0.323. The van der Waals surface area contributed by atoms with Crippen LogP contribution in [0.4, 0.5) is 8.78 Å². The van der Waals surface area contributed by atoms with Crippen molar-refractivity contribution in [2.75, 3.05) is 13.2 Å². The van der Waals surface area contributed by atoms with Gasteiger partial charge in [0.25, 0.3) is 0 Å². The van der Waals surface area contributed by atoms with Gasteiger partial charge in [0.1, 0.15) is 24.0 Å². The molecule has 0 spiro atoms. The topological polar surface area (TPSA) is 55.4 Å². The molecule has 0 fully saturated rings. The Morgan fingerprint density at radius 1 is 1.00 bits per heavy atom. The zero-order valence-corrected chi connectivity index (χ0v) is 11.7. The van der Waals surface area contributed by atoms with Crippen LogP contribution in [0.3, 0.4) is 0 Å². The first-order chi connectivity index (χ1) is 9.97. The van der Waals surface area contributed by atoms with Gasteiger partial charge in [0.2, 0.25) is 10.0 Å². The summed E-state index contributed by atoms with van der Waals surface area (Å²) in [5.41, 5.74) is 0. The summed E-state index contributed by atoms with van der Waals surface area (Å²) in [7, 11) is -3.97.